The van der Waals surface area contributed by atoms with Crippen molar-refractivity contribution in [2.75, 3.05) is 27.7 Å². The van der Waals surface area contributed by atoms with Crippen molar-refractivity contribution in [1.29, 1.82) is 0 Å². The standard InChI is InChI=1S/C11H19N3O/c1-14(2)8-11(13-12)9-5-4-6-10(7-9)15-3/h4-7,11,13H,8,12H2,1-3H3. The van der Waals surface area contributed by atoms with Crippen molar-refractivity contribution < 1.29 is 4.74 Å². The van der Waals surface area contributed by atoms with Gasteiger partial charge in [-0.05, 0) is 31.8 Å². The van der Waals surface area contributed by atoms with Crippen LogP contribution in [0.4, 0.5) is 0 Å². The number of hydrazine groups is 1. The summed E-state index contributed by atoms with van der Waals surface area (Å²) >= 11 is 0. The van der Waals surface area contributed by atoms with Crippen LogP contribution in [0, 0.1) is 0 Å². The molecular weight excluding hydrogens is 190 g/mol. The summed E-state index contributed by atoms with van der Waals surface area (Å²) in [7, 11) is 5.70. The van der Waals surface area contributed by atoms with Crippen molar-refractivity contribution in [3.63, 3.8) is 0 Å². The van der Waals surface area contributed by atoms with E-state index in [1.54, 1.807) is 7.11 Å². The highest BCUT2D eigenvalue weighted by atomic mass is 16.5. The molecule has 4 nitrogen and oxygen atoms in total. The topological polar surface area (TPSA) is 50.5 Å². The van der Waals surface area contributed by atoms with Gasteiger partial charge in [-0.2, -0.15) is 0 Å². The lowest BCUT2D eigenvalue weighted by Crippen LogP contribution is -2.35. The number of rotatable bonds is 5. The minimum Gasteiger partial charge on any atom is -0.497 e. The fourth-order valence-electron chi connectivity index (χ4n) is 1.48. The van der Waals surface area contributed by atoms with Crippen LogP contribution in [0.15, 0.2) is 24.3 Å². The second-order valence-electron chi connectivity index (χ2n) is 3.76. The SMILES string of the molecule is COc1cccc(C(CN(C)C)NN)c1. The molecule has 1 unspecified atom stereocenters. The fraction of sp³-hybridized carbons (Fsp3) is 0.455. The van der Waals surface area contributed by atoms with Crippen LogP contribution in [0.5, 0.6) is 5.75 Å². The van der Waals surface area contributed by atoms with E-state index < -0.39 is 0 Å². The van der Waals surface area contributed by atoms with Crippen LogP contribution in [0.25, 0.3) is 0 Å². The molecule has 1 rings (SSSR count). The highest BCUT2D eigenvalue weighted by molar-refractivity contribution is 5.30. The molecule has 0 amide bonds. The minimum absolute atomic E-state index is 0.120. The lowest BCUT2D eigenvalue weighted by Gasteiger charge is -2.20. The number of benzene rings is 1. The molecule has 1 atom stereocenters. The number of hydrogen-bond acceptors (Lipinski definition) is 4. The summed E-state index contributed by atoms with van der Waals surface area (Å²) in [6.07, 6.45) is 0. The first-order valence-corrected chi connectivity index (χ1v) is 4.92. The Morgan fingerprint density at radius 3 is 2.73 bits per heavy atom. The molecular formula is C11H19N3O. The molecule has 0 aliphatic carbocycles. The number of nitrogens with zero attached hydrogens (tertiary/aromatic N) is 1. The Balaban J connectivity index is 2.81. The molecule has 1 aromatic carbocycles. The van der Waals surface area contributed by atoms with E-state index in [9.17, 15) is 0 Å². The van der Waals surface area contributed by atoms with E-state index in [2.05, 4.69) is 10.3 Å². The van der Waals surface area contributed by atoms with Gasteiger partial charge in [-0.3, -0.25) is 11.3 Å². The predicted molar refractivity (Wildman–Crippen MR) is 61.6 cm³/mol. The van der Waals surface area contributed by atoms with Crippen LogP contribution in [0.2, 0.25) is 0 Å². The molecule has 4 heteroatoms. The maximum absolute atomic E-state index is 5.53. The van der Waals surface area contributed by atoms with Crippen LogP contribution in [0.1, 0.15) is 11.6 Å². The molecule has 0 aromatic heterocycles. The van der Waals surface area contributed by atoms with Gasteiger partial charge in [-0.15, -0.1) is 0 Å². The van der Waals surface area contributed by atoms with Gasteiger partial charge in [0, 0.05) is 6.54 Å². The Morgan fingerprint density at radius 2 is 2.20 bits per heavy atom. The normalized spacial score (nSPS) is 12.9. The third kappa shape index (κ3) is 3.51. The average molecular weight is 209 g/mol. The van der Waals surface area contributed by atoms with Crippen molar-refractivity contribution in [3.8, 4) is 5.75 Å². The highest BCUT2D eigenvalue weighted by Gasteiger charge is 2.10. The first-order valence-electron chi connectivity index (χ1n) is 4.92. The maximum Gasteiger partial charge on any atom is 0.119 e. The Hall–Kier alpha value is -1.10. The van der Waals surface area contributed by atoms with Gasteiger partial charge in [0.25, 0.3) is 0 Å². The number of ether oxygens (including phenoxy) is 1. The molecule has 84 valence electrons. The first kappa shape index (κ1) is 12.0. The van der Waals surface area contributed by atoms with Crippen molar-refractivity contribution in [2.45, 2.75) is 6.04 Å². The average Bonchev–Trinajstić information content (AvgIpc) is 2.25. The van der Waals surface area contributed by atoms with E-state index >= 15 is 0 Å². The Bertz CT molecular complexity index is 302. The number of nitrogens with one attached hydrogen (secondary N) is 1. The molecule has 0 aliphatic rings. The van der Waals surface area contributed by atoms with Crippen LogP contribution in [0.3, 0.4) is 0 Å². The maximum atomic E-state index is 5.53. The molecule has 0 aliphatic heterocycles. The minimum atomic E-state index is 0.120. The lowest BCUT2D eigenvalue weighted by atomic mass is 10.1. The number of nitrogens with two attached hydrogens (primary N) is 1. The van der Waals surface area contributed by atoms with Gasteiger partial charge >= 0.3 is 0 Å². The summed E-state index contributed by atoms with van der Waals surface area (Å²) in [5.74, 6) is 6.38. The number of likely N-dealkylation sites (N-methyl/N-ethyl adjacent to an activating group) is 1. The molecule has 15 heavy (non-hydrogen) atoms. The van der Waals surface area contributed by atoms with Crippen LogP contribution < -0.4 is 16.0 Å². The van der Waals surface area contributed by atoms with Gasteiger partial charge < -0.3 is 9.64 Å². The molecule has 0 radical (unpaired) electrons. The monoisotopic (exact) mass is 209 g/mol. The van der Waals surface area contributed by atoms with Crippen molar-refractivity contribution >= 4 is 0 Å². The quantitative estimate of drug-likeness (QED) is 0.555. The van der Waals surface area contributed by atoms with Gasteiger partial charge in [-0.25, -0.2) is 0 Å². The van der Waals surface area contributed by atoms with Gasteiger partial charge in [0.1, 0.15) is 5.75 Å². The Morgan fingerprint density at radius 1 is 1.47 bits per heavy atom. The highest BCUT2D eigenvalue weighted by Crippen LogP contribution is 2.18. The van der Waals surface area contributed by atoms with Crippen molar-refractivity contribution in [3.05, 3.63) is 29.8 Å². The molecule has 0 heterocycles. The van der Waals surface area contributed by atoms with Crippen LogP contribution in [-0.2, 0) is 0 Å². The number of methoxy groups -OCH3 is 1. The van der Waals surface area contributed by atoms with E-state index in [1.165, 1.54) is 0 Å². The molecule has 0 saturated carbocycles. The summed E-state index contributed by atoms with van der Waals surface area (Å²) in [6.45, 7) is 0.851. The molecule has 0 bridgehead atoms. The molecule has 0 fully saturated rings. The van der Waals surface area contributed by atoms with E-state index in [0.29, 0.717) is 0 Å². The van der Waals surface area contributed by atoms with E-state index in [4.69, 9.17) is 10.6 Å². The molecule has 1 aromatic rings. The van der Waals surface area contributed by atoms with E-state index in [-0.39, 0.29) is 6.04 Å². The van der Waals surface area contributed by atoms with E-state index in [1.807, 2.05) is 38.4 Å². The third-order valence-electron chi connectivity index (χ3n) is 2.25. The second kappa shape index (κ2) is 5.70. The van der Waals surface area contributed by atoms with Crippen LogP contribution in [-0.4, -0.2) is 32.6 Å². The summed E-state index contributed by atoms with van der Waals surface area (Å²) in [6, 6.07) is 8.04. The predicted octanol–water partition coefficient (Wildman–Crippen LogP) is 0.761. The Kier molecular flexibility index (Phi) is 4.55. The van der Waals surface area contributed by atoms with E-state index in [0.717, 1.165) is 17.9 Å². The number of hydrogen-bond donors (Lipinski definition) is 2. The smallest absolute Gasteiger partial charge is 0.119 e. The summed E-state index contributed by atoms with van der Waals surface area (Å²) in [4.78, 5) is 2.09. The molecule has 0 spiro atoms. The van der Waals surface area contributed by atoms with Crippen molar-refractivity contribution in [1.82, 2.24) is 10.3 Å². The van der Waals surface area contributed by atoms with Crippen molar-refractivity contribution in [2.24, 2.45) is 5.84 Å². The summed E-state index contributed by atoms with van der Waals surface area (Å²) < 4.78 is 5.17. The zero-order valence-electron chi connectivity index (χ0n) is 9.53. The molecule has 3 N–H and O–H groups in total. The van der Waals surface area contributed by atoms with Gasteiger partial charge in [0.15, 0.2) is 0 Å². The second-order valence-corrected chi connectivity index (χ2v) is 3.76. The zero-order valence-corrected chi connectivity index (χ0v) is 9.53. The largest absolute Gasteiger partial charge is 0.497 e. The zero-order chi connectivity index (χ0) is 11.3. The summed E-state index contributed by atoms with van der Waals surface area (Å²) in [5.41, 5.74) is 3.93. The third-order valence-corrected chi connectivity index (χ3v) is 2.25. The lowest BCUT2D eigenvalue weighted by molar-refractivity contribution is 0.343. The Labute approximate surface area is 91.0 Å². The van der Waals surface area contributed by atoms with Gasteiger partial charge in [0.05, 0.1) is 13.2 Å². The van der Waals surface area contributed by atoms with Gasteiger partial charge in [-0.1, -0.05) is 12.1 Å². The summed E-state index contributed by atoms with van der Waals surface area (Å²) in [5, 5.41) is 0. The fourth-order valence-corrected chi connectivity index (χ4v) is 1.48. The molecule has 0 saturated heterocycles. The van der Waals surface area contributed by atoms with Crippen LogP contribution >= 0.6 is 0 Å². The first-order chi connectivity index (χ1) is 7.17. The van der Waals surface area contributed by atoms with Gasteiger partial charge in [0.2, 0.25) is 0 Å².